The van der Waals surface area contributed by atoms with Gasteiger partial charge in [-0.2, -0.15) is 0 Å². The van der Waals surface area contributed by atoms with Gasteiger partial charge >= 0.3 is 0 Å². The highest BCUT2D eigenvalue weighted by Gasteiger charge is 1.99. The minimum atomic E-state index is 0. The lowest BCUT2D eigenvalue weighted by atomic mass is 10.1. The molecule has 0 aliphatic heterocycles. The van der Waals surface area contributed by atoms with Crippen LogP contribution in [-0.2, 0) is 0 Å². The first-order valence-electron chi connectivity index (χ1n) is 3.56. The highest BCUT2D eigenvalue weighted by atomic mass is 35.5. The summed E-state index contributed by atoms with van der Waals surface area (Å²) in [5, 5.41) is 9.06. The Morgan fingerprint density at radius 2 is 2.23 bits per heavy atom. The van der Waals surface area contributed by atoms with Crippen LogP contribution in [0.5, 0.6) is 5.75 Å². The van der Waals surface area contributed by atoms with Crippen molar-refractivity contribution in [1.29, 1.82) is 0 Å². The van der Waals surface area contributed by atoms with Crippen LogP contribution in [0.1, 0.15) is 5.56 Å². The van der Waals surface area contributed by atoms with Crippen molar-refractivity contribution in [3.8, 4) is 5.75 Å². The average molecular weight is 204 g/mol. The van der Waals surface area contributed by atoms with Crippen LogP contribution in [0.2, 0.25) is 0 Å². The second-order valence-corrected chi connectivity index (χ2v) is 2.39. The topological polar surface area (TPSA) is 46.2 Å². The van der Waals surface area contributed by atoms with Gasteiger partial charge in [0.15, 0.2) is 0 Å². The molecule has 0 saturated heterocycles. The number of aromatic hydroxyl groups is 1. The summed E-state index contributed by atoms with van der Waals surface area (Å²) in [7, 11) is 0. The molecular weight excluding hydrogens is 193 g/mol. The third-order valence-corrected chi connectivity index (χ3v) is 1.57. The van der Waals surface area contributed by atoms with Crippen LogP contribution in [0.15, 0.2) is 30.6 Å². The van der Waals surface area contributed by atoms with Crippen molar-refractivity contribution in [3.05, 3.63) is 36.2 Å². The third kappa shape index (κ3) is 3.05. The second kappa shape index (κ2) is 5.56. The number of benzene rings is 1. The zero-order chi connectivity index (χ0) is 8.97. The lowest BCUT2D eigenvalue weighted by Crippen LogP contribution is -2.01. The first-order valence-corrected chi connectivity index (χ1v) is 3.56. The summed E-state index contributed by atoms with van der Waals surface area (Å²) in [5.41, 5.74) is 6.27. The number of hydrogen-bond acceptors (Lipinski definition) is 2. The van der Waals surface area contributed by atoms with Gasteiger partial charge in [-0.05, 0) is 17.7 Å². The van der Waals surface area contributed by atoms with E-state index in [9.17, 15) is 4.39 Å². The van der Waals surface area contributed by atoms with Crippen molar-refractivity contribution in [2.75, 3.05) is 6.54 Å². The van der Waals surface area contributed by atoms with Gasteiger partial charge in [-0.15, -0.1) is 12.4 Å². The molecule has 1 aromatic carbocycles. The second-order valence-electron chi connectivity index (χ2n) is 2.39. The Morgan fingerprint density at radius 3 is 2.69 bits per heavy atom. The Bertz CT molecular complexity index is 301. The average Bonchev–Trinajstić information content (AvgIpc) is 2.07. The fraction of sp³-hybridized carbons (Fsp3) is 0.111. The summed E-state index contributed by atoms with van der Waals surface area (Å²) in [6.07, 6.45) is 0.453. The molecule has 72 valence electrons. The van der Waals surface area contributed by atoms with E-state index in [1.54, 1.807) is 12.1 Å². The van der Waals surface area contributed by atoms with Crippen molar-refractivity contribution < 1.29 is 9.50 Å². The summed E-state index contributed by atoms with van der Waals surface area (Å²) < 4.78 is 12.2. The van der Waals surface area contributed by atoms with Gasteiger partial charge in [-0.25, -0.2) is 4.39 Å². The van der Waals surface area contributed by atoms with E-state index < -0.39 is 0 Å². The van der Waals surface area contributed by atoms with Gasteiger partial charge in [0.05, 0.1) is 6.33 Å². The van der Waals surface area contributed by atoms with E-state index in [-0.39, 0.29) is 24.7 Å². The third-order valence-electron chi connectivity index (χ3n) is 1.57. The Labute approximate surface area is 82.3 Å². The van der Waals surface area contributed by atoms with Crippen LogP contribution in [0, 0.1) is 0 Å². The van der Waals surface area contributed by atoms with Gasteiger partial charge in [0.25, 0.3) is 0 Å². The maximum absolute atomic E-state index is 12.2. The van der Waals surface area contributed by atoms with Crippen molar-refractivity contribution in [2.45, 2.75) is 0 Å². The van der Waals surface area contributed by atoms with Gasteiger partial charge in [0, 0.05) is 12.1 Å². The summed E-state index contributed by atoms with van der Waals surface area (Å²) >= 11 is 0. The Balaban J connectivity index is 0.00000144. The first-order chi connectivity index (χ1) is 5.77. The van der Waals surface area contributed by atoms with Gasteiger partial charge in [-0.3, -0.25) is 0 Å². The van der Waals surface area contributed by atoms with E-state index in [2.05, 4.69) is 0 Å². The van der Waals surface area contributed by atoms with E-state index in [0.29, 0.717) is 17.5 Å². The standard InChI is InChI=1S/C9H10FNO.ClH/c10-5-8(6-11)7-2-1-3-9(12)4-7;/h1-5,12H,6,11H2;1H/b8-5-;. The molecule has 0 unspecified atom stereocenters. The molecule has 1 rings (SSSR count). The van der Waals surface area contributed by atoms with E-state index in [1.165, 1.54) is 12.1 Å². The normalized spacial score (nSPS) is 10.8. The quantitative estimate of drug-likeness (QED) is 0.773. The monoisotopic (exact) mass is 203 g/mol. The smallest absolute Gasteiger partial charge is 0.116 e. The predicted molar refractivity (Wildman–Crippen MR) is 53.5 cm³/mol. The molecule has 0 fully saturated rings. The summed E-state index contributed by atoms with van der Waals surface area (Å²) in [4.78, 5) is 0. The highest BCUT2D eigenvalue weighted by Crippen LogP contribution is 2.18. The summed E-state index contributed by atoms with van der Waals surface area (Å²) in [6.45, 7) is 0.125. The molecule has 3 N–H and O–H groups in total. The van der Waals surface area contributed by atoms with Crippen LogP contribution < -0.4 is 5.73 Å². The lowest BCUT2D eigenvalue weighted by molar-refractivity contribution is 0.475. The first kappa shape index (κ1) is 11.9. The zero-order valence-electron chi connectivity index (χ0n) is 6.90. The van der Waals surface area contributed by atoms with Gasteiger partial charge in [0.1, 0.15) is 5.75 Å². The minimum absolute atomic E-state index is 0. The van der Waals surface area contributed by atoms with Crippen molar-refractivity contribution in [1.82, 2.24) is 0 Å². The van der Waals surface area contributed by atoms with Crippen LogP contribution in [0.4, 0.5) is 4.39 Å². The van der Waals surface area contributed by atoms with Crippen molar-refractivity contribution in [2.24, 2.45) is 5.73 Å². The lowest BCUT2D eigenvalue weighted by Gasteiger charge is -2.02. The number of rotatable bonds is 2. The molecule has 0 heterocycles. The fourth-order valence-corrected chi connectivity index (χ4v) is 0.931. The minimum Gasteiger partial charge on any atom is -0.508 e. The molecule has 0 bridgehead atoms. The Morgan fingerprint density at radius 1 is 1.54 bits per heavy atom. The number of hydrogen-bond donors (Lipinski definition) is 2. The molecule has 0 radical (unpaired) electrons. The molecule has 0 amide bonds. The van der Waals surface area contributed by atoms with Gasteiger partial charge in [0.2, 0.25) is 0 Å². The predicted octanol–water partition coefficient (Wildman–Crippen LogP) is 2.08. The highest BCUT2D eigenvalue weighted by molar-refractivity contribution is 5.85. The largest absolute Gasteiger partial charge is 0.508 e. The van der Waals surface area contributed by atoms with Gasteiger partial charge < -0.3 is 10.8 Å². The molecular formula is C9H11ClFNO. The number of phenolic OH excluding ortho intramolecular Hbond substituents is 1. The van der Waals surface area contributed by atoms with Crippen LogP contribution in [0.25, 0.3) is 5.57 Å². The van der Waals surface area contributed by atoms with E-state index >= 15 is 0 Å². The summed E-state index contributed by atoms with van der Waals surface area (Å²) in [6, 6.07) is 6.33. The molecule has 0 aliphatic carbocycles. The molecule has 1 aromatic rings. The number of phenols is 1. The maximum Gasteiger partial charge on any atom is 0.116 e. The fourth-order valence-electron chi connectivity index (χ4n) is 0.931. The van der Waals surface area contributed by atoms with Gasteiger partial charge in [-0.1, -0.05) is 12.1 Å². The summed E-state index contributed by atoms with van der Waals surface area (Å²) in [5.74, 6) is 0.111. The van der Waals surface area contributed by atoms with Crippen LogP contribution >= 0.6 is 12.4 Å². The number of nitrogens with two attached hydrogens (primary N) is 1. The molecule has 0 aliphatic rings. The molecule has 0 aromatic heterocycles. The van der Waals surface area contributed by atoms with Crippen molar-refractivity contribution >= 4 is 18.0 Å². The molecule has 0 atom stereocenters. The maximum atomic E-state index is 12.2. The van der Waals surface area contributed by atoms with E-state index in [1.807, 2.05) is 0 Å². The Kier molecular flexibility index (Phi) is 5.11. The SMILES string of the molecule is Cl.NC/C(=C/F)c1cccc(O)c1. The molecule has 13 heavy (non-hydrogen) atoms. The molecule has 4 heteroatoms. The van der Waals surface area contributed by atoms with Crippen LogP contribution in [0.3, 0.4) is 0 Å². The molecule has 2 nitrogen and oxygen atoms in total. The molecule has 0 saturated carbocycles. The van der Waals surface area contributed by atoms with Crippen molar-refractivity contribution in [3.63, 3.8) is 0 Å². The zero-order valence-corrected chi connectivity index (χ0v) is 7.72. The number of halogens is 2. The Hall–Kier alpha value is -1.06. The molecule has 0 spiro atoms. The van der Waals surface area contributed by atoms with E-state index in [0.717, 1.165) is 0 Å². The van der Waals surface area contributed by atoms with E-state index in [4.69, 9.17) is 10.8 Å². The van der Waals surface area contributed by atoms with Crippen LogP contribution in [-0.4, -0.2) is 11.7 Å².